The fourth-order valence-electron chi connectivity index (χ4n) is 2.97. The van der Waals surface area contributed by atoms with Crippen molar-refractivity contribution in [2.45, 2.75) is 31.2 Å². The summed E-state index contributed by atoms with van der Waals surface area (Å²) in [6.07, 6.45) is 4.04. The second-order valence-electron chi connectivity index (χ2n) is 5.18. The molecule has 1 heterocycles. The largest absolute Gasteiger partial charge is 0.368 e. The number of hydrogen-bond acceptors (Lipinski definition) is 3. The summed E-state index contributed by atoms with van der Waals surface area (Å²) in [5, 5.41) is 0.167. The molecule has 0 atom stereocenters. The molecule has 1 saturated carbocycles. The van der Waals surface area contributed by atoms with Gasteiger partial charge in [0.2, 0.25) is 5.91 Å². The van der Waals surface area contributed by atoms with E-state index in [0.717, 1.165) is 18.9 Å². The van der Waals surface area contributed by atoms with Gasteiger partial charge in [-0.2, -0.15) is 0 Å². The average Bonchev–Trinajstić information content (AvgIpc) is 2.90. The van der Waals surface area contributed by atoms with E-state index in [2.05, 4.69) is 4.98 Å². The summed E-state index contributed by atoms with van der Waals surface area (Å²) in [7, 11) is 0. The van der Waals surface area contributed by atoms with Gasteiger partial charge < -0.3 is 5.73 Å². The lowest BCUT2D eigenvalue weighted by Crippen LogP contribution is -2.49. The van der Waals surface area contributed by atoms with E-state index in [1.54, 1.807) is 0 Å². The molecule has 1 aromatic carbocycles. The van der Waals surface area contributed by atoms with Crippen molar-refractivity contribution in [3.8, 4) is 0 Å². The number of nitrogens with two attached hydrogens (primary N) is 1. The van der Waals surface area contributed by atoms with E-state index in [9.17, 15) is 14.0 Å². The highest BCUT2D eigenvalue weighted by molar-refractivity contribution is 5.84. The third-order valence-electron chi connectivity index (χ3n) is 4.07. The lowest BCUT2D eigenvalue weighted by atomic mass is 9.96. The number of halogens is 1. The summed E-state index contributed by atoms with van der Waals surface area (Å²) < 4.78 is 14.6. The molecule has 1 fully saturated rings. The molecule has 0 unspecified atom stereocenters. The summed E-state index contributed by atoms with van der Waals surface area (Å²) in [6.45, 7) is 0. The van der Waals surface area contributed by atoms with Gasteiger partial charge in [0.25, 0.3) is 5.56 Å². The molecule has 20 heavy (non-hydrogen) atoms. The Kier molecular flexibility index (Phi) is 2.81. The molecule has 0 saturated heterocycles. The van der Waals surface area contributed by atoms with Gasteiger partial charge in [0, 0.05) is 0 Å². The van der Waals surface area contributed by atoms with Crippen LogP contribution in [0.3, 0.4) is 0 Å². The van der Waals surface area contributed by atoms with Gasteiger partial charge >= 0.3 is 0 Å². The lowest BCUT2D eigenvalue weighted by Gasteiger charge is -2.27. The SMILES string of the molecule is NC(=O)C1(n2cnc3ccc(F)cc3c2=O)CCCC1. The molecule has 5 nitrogen and oxygen atoms in total. The van der Waals surface area contributed by atoms with Crippen molar-refractivity contribution in [2.24, 2.45) is 5.73 Å². The third kappa shape index (κ3) is 1.71. The first-order valence-electron chi connectivity index (χ1n) is 6.52. The van der Waals surface area contributed by atoms with Crippen LogP contribution in [0.1, 0.15) is 25.7 Å². The molecule has 2 aromatic rings. The van der Waals surface area contributed by atoms with Gasteiger partial charge in [0.05, 0.1) is 17.2 Å². The molecule has 0 aliphatic heterocycles. The first-order chi connectivity index (χ1) is 9.54. The number of nitrogens with zero attached hydrogens (tertiary/aromatic N) is 2. The molecular weight excluding hydrogens is 261 g/mol. The van der Waals surface area contributed by atoms with Crippen molar-refractivity contribution in [1.29, 1.82) is 0 Å². The van der Waals surface area contributed by atoms with Crippen LogP contribution in [0, 0.1) is 5.82 Å². The third-order valence-corrected chi connectivity index (χ3v) is 4.07. The Hall–Kier alpha value is -2.24. The Bertz CT molecular complexity index is 748. The Balaban J connectivity index is 2.29. The maximum absolute atomic E-state index is 13.3. The zero-order valence-corrected chi connectivity index (χ0v) is 10.8. The fraction of sp³-hybridized carbons (Fsp3) is 0.357. The molecule has 1 aliphatic rings. The van der Waals surface area contributed by atoms with Gasteiger partial charge in [-0.25, -0.2) is 9.37 Å². The molecule has 6 heteroatoms. The number of amides is 1. The monoisotopic (exact) mass is 275 g/mol. The highest BCUT2D eigenvalue weighted by Crippen LogP contribution is 2.35. The number of carbonyl (C=O) groups excluding carboxylic acids is 1. The summed E-state index contributed by atoms with van der Waals surface area (Å²) in [5.41, 5.74) is 4.47. The molecule has 1 aromatic heterocycles. The molecule has 2 N–H and O–H groups in total. The molecule has 0 radical (unpaired) electrons. The smallest absolute Gasteiger partial charge is 0.262 e. The summed E-state index contributed by atoms with van der Waals surface area (Å²) >= 11 is 0. The standard InChI is InChI=1S/C14H14FN3O2/c15-9-3-4-11-10(7-9)12(19)18(8-17-11)14(13(16)20)5-1-2-6-14/h3-4,7-8H,1-2,5-6H2,(H2,16,20). The Morgan fingerprint density at radius 1 is 1.35 bits per heavy atom. The van der Waals surface area contributed by atoms with E-state index in [-0.39, 0.29) is 5.39 Å². The second kappa shape index (κ2) is 4.40. The number of carbonyl (C=O) groups is 1. The van der Waals surface area contributed by atoms with E-state index in [1.807, 2.05) is 0 Å². The quantitative estimate of drug-likeness (QED) is 0.897. The number of rotatable bonds is 2. The van der Waals surface area contributed by atoms with Crippen LogP contribution in [0.5, 0.6) is 0 Å². The van der Waals surface area contributed by atoms with Gasteiger partial charge in [-0.15, -0.1) is 0 Å². The zero-order valence-electron chi connectivity index (χ0n) is 10.8. The van der Waals surface area contributed by atoms with E-state index in [1.165, 1.54) is 23.0 Å². The minimum absolute atomic E-state index is 0.167. The first kappa shape index (κ1) is 12.8. The summed E-state index contributed by atoms with van der Waals surface area (Å²) in [4.78, 5) is 28.5. The van der Waals surface area contributed by atoms with Crippen LogP contribution in [-0.4, -0.2) is 15.5 Å². The van der Waals surface area contributed by atoms with Crippen LogP contribution in [0.2, 0.25) is 0 Å². The van der Waals surface area contributed by atoms with Crippen LogP contribution >= 0.6 is 0 Å². The number of primary amides is 1. The maximum Gasteiger partial charge on any atom is 0.262 e. The molecule has 1 amide bonds. The van der Waals surface area contributed by atoms with Crippen molar-refractivity contribution < 1.29 is 9.18 Å². The van der Waals surface area contributed by atoms with Crippen molar-refractivity contribution in [3.63, 3.8) is 0 Å². The summed E-state index contributed by atoms with van der Waals surface area (Å²) in [5.74, 6) is -1.04. The Morgan fingerprint density at radius 2 is 2.05 bits per heavy atom. The normalized spacial score (nSPS) is 17.4. The topological polar surface area (TPSA) is 78.0 Å². The van der Waals surface area contributed by atoms with Gasteiger partial charge in [0.15, 0.2) is 0 Å². The molecule has 0 spiro atoms. The predicted molar refractivity (Wildman–Crippen MR) is 71.6 cm³/mol. The summed E-state index contributed by atoms with van der Waals surface area (Å²) in [6, 6.07) is 3.84. The minimum Gasteiger partial charge on any atom is -0.368 e. The van der Waals surface area contributed by atoms with Crippen LogP contribution in [0.25, 0.3) is 10.9 Å². The number of benzene rings is 1. The van der Waals surface area contributed by atoms with Gasteiger partial charge in [-0.05, 0) is 31.0 Å². The number of aromatic nitrogens is 2. The minimum atomic E-state index is -1.02. The van der Waals surface area contributed by atoms with E-state index < -0.39 is 22.8 Å². The van der Waals surface area contributed by atoms with Crippen molar-refractivity contribution >= 4 is 16.8 Å². The van der Waals surface area contributed by atoms with Crippen molar-refractivity contribution in [1.82, 2.24) is 9.55 Å². The predicted octanol–water partition coefficient (Wildman–Crippen LogP) is 1.29. The number of fused-ring (bicyclic) bond motifs is 1. The van der Waals surface area contributed by atoms with Crippen LogP contribution in [-0.2, 0) is 10.3 Å². The zero-order chi connectivity index (χ0) is 14.3. The van der Waals surface area contributed by atoms with E-state index in [4.69, 9.17) is 5.73 Å². The van der Waals surface area contributed by atoms with E-state index in [0.29, 0.717) is 18.4 Å². The lowest BCUT2D eigenvalue weighted by molar-refractivity contribution is -0.126. The first-order valence-corrected chi connectivity index (χ1v) is 6.52. The maximum atomic E-state index is 13.3. The Labute approximate surface area is 114 Å². The van der Waals surface area contributed by atoms with Crippen LogP contribution < -0.4 is 11.3 Å². The highest BCUT2D eigenvalue weighted by atomic mass is 19.1. The molecule has 3 rings (SSSR count). The molecule has 104 valence electrons. The fourth-order valence-corrected chi connectivity index (χ4v) is 2.97. The van der Waals surface area contributed by atoms with Gasteiger partial charge in [-0.1, -0.05) is 12.8 Å². The van der Waals surface area contributed by atoms with Gasteiger partial charge in [0.1, 0.15) is 11.4 Å². The van der Waals surface area contributed by atoms with E-state index >= 15 is 0 Å². The van der Waals surface area contributed by atoms with Crippen LogP contribution in [0.15, 0.2) is 29.3 Å². The van der Waals surface area contributed by atoms with Gasteiger partial charge in [-0.3, -0.25) is 14.2 Å². The Morgan fingerprint density at radius 3 is 2.70 bits per heavy atom. The van der Waals surface area contributed by atoms with Crippen molar-refractivity contribution in [3.05, 3.63) is 40.7 Å². The second-order valence-corrected chi connectivity index (χ2v) is 5.18. The highest BCUT2D eigenvalue weighted by Gasteiger charge is 2.42. The molecular formula is C14H14FN3O2. The van der Waals surface area contributed by atoms with Crippen molar-refractivity contribution in [2.75, 3.05) is 0 Å². The molecule has 0 bridgehead atoms. The number of hydrogen-bond donors (Lipinski definition) is 1. The molecule has 1 aliphatic carbocycles. The average molecular weight is 275 g/mol. The van der Waals surface area contributed by atoms with Crippen LogP contribution in [0.4, 0.5) is 4.39 Å².